The van der Waals surface area contributed by atoms with Gasteiger partial charge in [0.05, 0.1) is 7.11 Å². The first-order valence-corrected chi connectivity index (χ1v) is 6.89. The molecule has 0 fully saturated rings. The van der Waals surface area contributed by atoms with Gasteiger partial charge in [-0.2, -0.15) is 0 Å². The normalized spacial score (nSPS) is 15.6. The van der Waals surface area contributed by atoms with E-state index in [1.54, 1.807) is 13.2 Å². The molecule has 0 N–H and O–H groups in total. The fourth-order valence-corrected chi connectivity index (χ4v) is 2.09. The zero-order chi connectivity index (χ0) is 15.5. The van der Waals surface area contributed by atoms with Crippen LogP contribution < -0.4 is 4.74 Å². The van der Waals surface area contributed by atoms with Gasteiger partial charge >= 0.3 is 5.97 Å². The van der Waals surface area contributed by atoms with Crippen LogP contribution in [0.2, 0.25) is 0 Å². The van der Waals surface area contributed by atoms with Gasteiger partial charge in [-0.05, 0) is 42.8 Å². The first-order valence-electron chi connectivity index (χ1n) is 6.89. The molecule has 0 unspecified atom stereocenters. The molecule has 0 aromatic heterocycles. The average Bonchev–Trinajstić information content (AvgIpc) is 2.90. The Kier molecular flexibility index (Phi) is 3.74. The van der Waals surface area contributed by atoms with E-state index in [1.165, 1.54) is 0 Å². The first-order chi connectivity index (χ1) is 10.7. The highest BCUT2D eigenvalue weighted by Gasteiger charge is 2.23. The number of hydrogen-bond donors (Lipinski definition) is 0. The summed E-state index contributed by atoms with van der Waals surface area (Å²) in [6.07, 6.45) is 1.70. The second-order valence-electron chi connectivity index (χ2n) is 4.98. The maximum atomic E-state index is 11.9. The van der Waals surface area contributed by atoms with E-state index in [0.29, 0.717) is 11.6 Å². The lowest BCUT2D eigenvalue weighted by molar-refractivity contribution is -0.129. The fourth-order valence-electron chi connectivity index (χ4n) is 2.09. The van der Waals surface area contributed by atoms with E-state index in [9.17, 15) is 4.79 Å². The molecule has 2 aromatic rings. The largest absolute Gasteiger partial charge is 0.497 e. The molecule has 0 spiro atoms. The Morgan fingerprint density at radius 2 is 1.73 bits per heavy atom. The number of ether oxygens (including phenoxy) is 2. The Morgan fingerprint density at radius 3 is 2.36 bits per heavy atom. The Labute approximate surface area is 128 Å². The lowest BCUT2D eigenvalue weighted by atomic mass is 10.1. The zero-order valence-electron chi connectivity index (χ0n) is 12.4. The average molecular weight is 293 g/mol. The molecule has 0 saturated carbocycles. The number of aliphatic imine (C=N–C) groups is 1. The summed E-state index contributed by atoms with van der Waals surface area (Å²) in [5, 5.41) is 0. The molecule has 1 aliphatic rings. The van der Waals surface area contributed by atoms with Crippen molar-refractivity contribution in [3.8, 4) is 5.75 Å². The molecule has 4 heteroatoms. The van der Waals surface area contributed by atoms with Crippen LogP contribution in [0.25, 0.3) is 6.08 Å². The van der Waals surface area contributed by atoms with E-state index in [1.807, 2.05) is 55.5 Å². The van der Waals surface area contributed by atoms with Crippen molar-refractivity contribution in [1.29, 1.82) is 0 Å². The minimum absolute atomic E-state index is 0.292. The van der Waals surface area contributed by atoms with Crippen LogP contribution in [-0.4, -0.2) is 19.0 Å². The summed E-state index contributed by atoms with van der Waals surface area (Å²) in [5.41, 5.74) is 3.09. The summed E-state index contributed by atoms with van der Waals surface area (Å²) in [6.45, 7) is 2.00. The zero-order valence-corrected chi connectivity index (χ0v) is 12.4. The number of methoxy groups -OCH3 is 1. The summed E-state index contributed by atoms with van der Waals surface area (Å²) >= 11 is 0. The standard InChI is InChI=1S/C18H15NO3/c1-12-3-7-14(8-4-12)17-19-16(18(20)22-17)11-13-5-9-15(21-2)10-6-13/h3-11H,1-2H3/b16-11-. The molecule has 22 heavy (non-hydrogen) atoms. The van der Waals surface area contributed by atoms with Gasteiger partial charge in [0.1, 0.15) is 5.75 Å². The topological polar surface area (TPSA) is 47.9 Å². The molecule has 0 bridgehead atoms. The number of rotatable bonds is 3. The monoisotopic (exact) mass is 293 g/mol. The Hall–Kier alpha value is -2.88. The molecule has 0 radical (unpaired) electrons. The van der Waals surface area contributed by atoms with Crippen LogP contribution in [0, 0.1) is 6.92 Å². The summed E-state index contributed by atoms with van der Waals surface area (Å²) < 4.78 is 10.3. The smallest absolute Gasteiger partial charge is 0.363 e. The van der Waals surface area contributed by atoms with Crippen LogP contribution in [0.15, 0.2) is 59.2 Å². The van der Waals surface area contributed by atoms with E-state index in [2.05, 4.69) is 4.99 Å². The van der Waals surface area contributed by atoms with Gasteiger partial charge in [0, 0.05) is 5.56 Å². The van der Waals surface area contributed by atoms with Crippen molar-refractivity contribution >= 4 is 17.9 Å². The van der Waals surface area contributed by atoms with Gasteiger partial charge in [-0.25, -0.2) is 9.79 Å². The highest BCUT2D eigenvalue weighted by atomic mass is 16.6. The molecule has 4 nitrogen and oxygen atoms in total. The summed E-state index contributed by atoms with van der Waals surface area (Å²) in [5.74, 6) is 0.663. The van der Waals surface area contributed by atoms with E-state index in [4.69, 9.17) is 9.47 Å². The van der Waals surface area contributed by atoms with Gasteiger partial charge in [0.2, 0.25) is 5.90 Å². The number of nitrogens with zero attached hydrogens (tertiary/aromatic N) is 1. The van der Waals surface area contributed by atoms with Crippen molar-refractivity contribution in [2.75, 3.05) is 7.11 Å². The van der Waals surface area contributed by atoms with Crippen molar-refractivity contribution in [1.82, 2.24) is 0 Å². The van der Waals surface area contributed by atoms with Crippen LogP contribution >= 0.6 is 0 Å². The predicted octanol–water partition coefficient (Wildman–Crippen LogP) is 3.35. The van der Waals surface area contributed by atoms with Gasteiger partial charge < -0.3 is 9.47 Å². The number of carbonyl (C=O) groups is 1. The predicted molar refractivity (Wildman–Crippen MR) is 84.8 cm³/mol. The molecule has 1 aliphatic heterocycles. The van der Waals surface area contributed by atoms with Crippen molar-refractivity contribution in [2.45, 2.75) is 6.92 Å². The Morgan fingerprint density at radius 1 is 1.05 bits per heavy atom. The Balaban J connectivity index is 1.88. The number of hydrogen-bond acceptors (Lipinski definition) is 4. The van der Waals surface area contributed by atoms with Crippen LogP contribution in [0.5, 0.6) is 5.75 Å². The molecule has 0 atom stereocenters. The molecule has 1 heterocycles. The first kappa shape index (κ1) is 14.1. The number of benzene rings is 2. The van der Waals surface area contributed by atoms with Crippen molar-refractivity contribution in [3.05, 3.63) is 70.9 Å². The maximum absolute atomic E-state index is 11.9. The number of cyclic esters (lactones) is 1. The third kappa shape index (κ3) is 2.91. The Bertz CT molecular complexity index is 756. The molecule has 110 valence electrons. The summed E-state index contributed by atoms with van der Waals surface area (Å²) in [7, 11) is 1.61. The van der Waals surface area contributed by atoms with Crippen molar-refractivity contribution in [3.63, 3.8) is 0 Å². The van der Waals surface area contributed by atoms with Gasteiger partial charge in [-0.15, -0.1) is 0 Å². The molecule has 0 amide bonds. The summed E-state index contributed by atoms with van der Waals surface area (Å²) in [6, 6.07) is 15.1. The minimum Gasteiger partial charge on any atom is -0.497 e. The third-order valence-electron chi connectivity index (χ3n) is 3.34. The van der Waals surface area contributed by atoms with E-state index in [-0.39, 0.29) is 0 Å². The van der Waals surface area contributed by atoms with Gasteiger partial charge in [-0.3, -0.25) is 0 Å². The molecule has 0 saturated heterocycles. The lowest BCUT2D eigenvalue weighted by Crippen LogP contribution is -2.05. The fraction of sp³-hybridized carbons (Fsp3) is 0.111. The SMILES string of the molecule is COc1ccc(/C=C2\N=C(c3ccc(C)cc3)OC2=O)cc1. The minimum atomic E-state index is -0.439. The second-order valence-corrected chi connectivity index (χ2v) is 4.98. The number of carbonyl (C=O) groups excluding carboxylic acids is 1. The van der Waals surface area contributed by atoms with Crippen LogP contribution in [0.3, 0.4) is 0 Å². The highest BCUT2D eigenvalue weighted by Crippen LogP contribution is 2.20. The summed E-state index contributed by atoms with van der Waals surface area (Å²) in [4.78, 5) is 16.2. The molecule has 2 aromatic carbocycles. The van der Waals surface area contributed by atoms with E-state index >= 15 is 0 Å². The third-order valence-corrected chi connectivity index (χ3v) is 3.34. The molecule has 3 rings (SSSR count). The van der Waals surface area contributed by atoms with E-state index in [0.717, 1.165) is 22.4 Å². The number of aryl methyl sites for hydroxylation is 1. The van der Waals surface area contributed by atoms with Gasteiger partial charge in [0.15, 0.2) is 5.70 Å². The maximum Gasteiger partial charge on any atom is 0.363 e. The lowest BCUT2D eigenvalue weighted by Gasteiger charge is -1.99. The highest BCUT2D eigenvalue weighted by molar-refractivity contribution is 6.12. The quantitative estimate of drug-likeness (QED) is 0.644. The van der Waals surface area contributed by atoms with E-state index < -0.39 is 5.97 Å². The van der Waals surface area contributed by atoms with Crippen LogP contribution in [0.4, 0.5) is 0 Å². The van der Waals surface area contributed by atoms with Crippen LogP contribution in [-0.2, 0) is 9.53 Å². The van der Waals surface area contributed by atoms with Gasteiger partial charge in [-0.1, -0.05) is 29.8 Å². The molecular formula is C18H15NO3. The number of esters is 1. The molecule has 0 aliphatic carbocycles. The second kappa shape index (κ2) is 5.85. The van der Waals surface area contributed by atoms with Crippen molar-refractivity contribution < 1.29 is 14.3 Å². The van der Waals surface area contributed by atoms with Crippen molar-refractivity contribution in [2.24, 2.45) is 4.99 Å². The molecular weight excluding hydrogens is 278 g/mol. The van der Waals surface area contributed by atoms with Gasteiger partial charge in [0.25, 0.3) is 0 Å². The van der Waals surface area contributed by atoms with Crippen LogP contribution in [0.1, 0.15) is 16.7 Å².